The molecule has 572 valence electrons. The first kappa shape index (κ1) is 93.2. The number of ketones is 1. The lowest BCUT2D eigenvalue weighted by atomic mass is 10.1. The number of carbonyl (C=O) groups excluding carboxylic acids is 8. The van der Waals surface area contributed by atoms with Crippen LogP contribution in [0, 0.1) is 0 Å². The van der Waals surface area contributed by atoms with Gasteiger partial charge in [0.25, 0.3) is 0 Å². The first-order chi connectivity index (χ1) is 47.5. The molecular formula is C75H138N4O15S4. The van der Waals surface area contributed by atoms with Gasteiger partial charge in [0.05, 0.1) is 46.9 Å². The maximum absolute atomic E-state index is 13.2. The number of rotatable bonds is 69. The number of Topliss-reactive ketones (excluding diaryl/α,β-unsaturated/α-hetero) is 1. The fraction of sp³-hybridized carbons (Fsp3) is 0.893. The summed E-state index contributed by atoms with van der Waals surface area (Å²) in [5, 5.41) is -1.11. The third kappa shape index (κ3) is 55.8. The highest BCUT2D eigenvalue weighted by molar-refractivity contribution is 8.01. The zero-order valence-corrected chi connectivity index (χ0v) is 66.0. The number of piperazine rings is 1. The lowest BCUT2D eigenvalue weighted by Gasteiger charge is -2.35. The van der Waals surface area contributed by atoms with Crippen LogP contribution in [-0.4, -0.2) is 236 Å². The predicted molar refractivity (Wildman–Crippen MR) is 406 cm³/mol. The van der Waals surface area contributed by atoms with Gasteiger partial charge >= 0.3 is 41.8 Å². The molecule has 0 aromatic rings. The van der Waals surface area contributed by atoms with Crippen molar-refractivity contribution in [1.29, 1.82) is 0 Å². The summed E-state index contributed by atoms with van der Waals surface area (Å²) in [6, 6.07) is 0. The van der Waals surface area contributed by atoms with Crippen LogP contribution < -0.4 is 0 Å². The van der Waals surface area contributed by atoms with E-state index in [4.69, 9.17) is 33.2 Å². The van der Waals surface area contributed by atoms with Crippen LogP contribution in [0.1, 0.15) is 261 Å². The zero-order valence-electron chi connectivity index (χ0n) is 62.7. The highest BCUT2D eigenvalue weighted by atomic mass is 32.2. The Hall–Kier alpha value is -2.80. The second kappa shape index (κ2) is 66.2. The number of ether oxygens (including phenoxy) is 7. The Balaban J connectivity index is 2.77. The average molecular weight is 1460 g/mol. The van der Waals surface area contributed by atoms with Gasteiger partial charge in [-0.05, 0) is 122 Å². The number of hydrogen-bond acceptors (Lipinski definition) is 23. The van der Waals surface area contributed by atoms with Gasteiger partial charge in [-0.25, -0.2) is 0 Å². The molecule has 0 radical (unpaired) electrons. The monoisotopic (exact) mass is 1460 g/mol. The van der Waals surface area contributed by atoms with Gasteiger partial charge in [0.1, 0.15) is 45.4 Å². The summed E-state index contributed by atoms with van der Waals surface area (Å²) in [5.41, 5.74) is 0. The van der Waals surface area contributed by atoms with Crippen LogP contribution in [0.5, 0.6) is 0 Å². The number of hydrogen-bond donors (Lipinski definition) is 0. The van der Waals surface area contributed by atoms with Crippen molar-refractivity contribution in [2.24, 2.45) is 0 Å². The summed E-state index contributed by atoms with van der Waals surface area (Å²) in [5.74, 6) is 1.36. The van der Waals surface area contributed by atoms with Gasteiger partial charge in [0.15, 0.2) is 0 Å². The maximum atomic E-state index is 13.2. The third-order valence-corrected chi connectivity index (χ3v) is 22.2. The molecule has 1 fully saturated rings. The van der Waals surface area contributed by atoms with Gasteiger partial charge < -0.3 is 52.8 Å². The summed E-state index contributed by atoms with van der Waals surface area (Å²) < 4.78 is 38.2. The molecular weight excluding hydrogens is 1330 g/mol. The van der Waals surface area contributed by atoms with Crippen LogP contribution in [0.2, 0.25) is 0 Å². The molecule has 1 rings (SSSR count). The lowest BCUT2D eigenvalue weighted by Crippen LogP contribution is -2.47. The van der Waals surface area contributed by atoms with Crippen molar-refractivity contribution < 1.29 is 71.5 Å². The quantitative estimate of drug-likeness (QED) is 0.0314. The summed E-state index contributed by atoms with van der Waals surface area (Å²) in [7, 11) is 0. The summed E-state index contributed by atoms with van der Waals surface area (Å²) in [6.45, 7) is 24.5. The minimum Gasteiger partial charge on any atom is -0.465 e. The minimum absolute atomic E-state index is 0.00203. The molecule has 1 saturated heterocycles. The van der Waals surface area contributed by atoms with E-state index in [0.29, 0.717) is 58.5 Å². The standard InChI is InChI=1S/C75H138N4O15S4/c1-9-13-17-21-25-29-60-95-64(5)72(84)91-53-33-36-68(80)37-45-76(46-38-69(81)88-54-57-92-73(85)65(6)96-61-30-26-22-18-14-10-2)41-34-43-78-49-51-79(52-50-78)44-35-42-77(47-39-70(82)89-55-58-93-74(86)66(7)97-62-31-27-23-19-15-11-3)48-40-71(83)90-56-59-94-75(87)67(8)98-63-32-28-24-20-16-12-4/h64-67H,9-63H2,1-8H3. The molecule has 1 aliphatic rings. The van der Waals surface area contributed by atoms with Gasteiger partial charge in [-0.3, -0.25) is 38.4 Å². The first-order valence-electron chi connectivity index (χ1n) is 38.5. The van der Waals surface area contributed by atoms with E-state index in [1.807, 2.05) is 27.7 Å². The van der Waals surface area contributed by atoms with Gasteiger partial charge in [-0.15, -0.1) is 47.0 Å². The summed E-state index contributed by atoms with van der Waals surface area (Å²) in [4.78, 5) is 112. The van der Waals surface area contributed by atoms with E-state index in [1.165, 1.54) is 116 Å². The summed E-state index contributed by atoms with van der Waals surface area (Å²) >= 11 is 6.41. The third-order valence-electron chi connectivity index (χ3n) is 17.4. The fourth-order valence-electron chi connectivity index (χ4n) is 11.0. The first-order valence-corrected chi connectivity index (χ1v) is 42.7. The molecule has 0 aromatic carbocycles. The van der Waals surface area contributed by atoms with Crippen molar-refractivity contribution in [3.63, 3.8) is 0 Å². The topological polar surface area (TPSA) is 214 Å². The molecule has 4 atom stereocenters. The van der Waals surface area contributed by atoms with E-state index < -0.39 is 11.9 Å². The highest BCUT2D eigenvalue weighted by Crippen LogP contribution is 2.21. The minimum atomic E-state index is -0.412. The number of thioether (sulfide) groups is 4. The maximum Gasteiger partial charge on any atom is 0.318 e. The molecule has 1 heterocycles. The Kier molecular flexibility index (Phi) is 62.9. The largest absolute Gasteiger partial charge is 0.465 e. The molecule has 1 aliphatic heterocycles. The zero-order chi connectivity index (χ0) is 71.9. The van der Waals surface area contributed by atoms with E-state index >= 15 is 0 Å². The van der Waals surface area contributed by atoms with Gasteiger partial charge in [-0.1, -0.05) is 156 Å². The van der Waals surface area contributed by atoms with Crippen molar-refractivity contribution in [2.45, 2.75) is 282 Å². The molecule has 4 unspecified atom stereocenters. The SMILES string of the molecule is CCCCCCCCSC(C)C(=O)OCCCC(=O)CCN(CCCN1CCN(CCCN(CCC(=O)OCCOC(=O)C(C)SCCCCCCCC)CCC(=O)OCCOC(=O)C(C)SCCCCCCCC)CC1)CCC(=O)OCCOC(=O)C(C)SCCCCCCCC. The molecule has 19 nitrogen and oxygen atoms in total. The second-order valence-corrected chi connectivity index (χ2v) is 32.0. The van der Waals surface area contributed by atoms with E-state index in [0.717, 1.165) is 114 Å². The van der Waals surface area contributed by atoms with Crippen molar-refractivity contribution in [1.82, 2.24) is 19.6 Å². The van der Waals surface area contributed by atoms with E-state index in [1.54, 1.807) is 47.0 Å². The molecule has 0 saturated carbocycles. The predicted octanol–water partition coefficient (Wildman–Crippen LogP) is 14.6. The molecule has 98 heavy (non-hydrogen) atoms. The van der Waals surface area contributed by atoms with E-state index in [-0.39, 0.29) is 122 Å². The van der Waals surface area contributed by atoms with Gasteiger partial charge in [0, 0.05) is 65.2 Å². The number of unbranched alkanes of at least 4 members (excludes halogenated alkanes) is 20. The molecule has 0 spiro atoms. The number of nitrogens with zero attached hydrogens (tertiary/aromatic N) is 4. The Bertz CT molecular complexity index is 1770. The molecule has 0 aromatic heterocycles. The fourth-order valence-corrected chi connectivity index (χ4v) is 14.7. The second-order valence-electron chi connectivity index (χ2n) is 26.2. The molecule has 0 N–H and O–H groups in total. The highest BCUT2D eigenvalue weighted by Gasteiger charge is 2.22. The molecule has 0 bridgehead atoms. The van der Waals surface area contributed by atoms with Crippen molar-refractivity contribution in [3.05, 3.63) is 0 Å². The van der Waals surface area contributed by atoms with Crippen LogP contribution >= 0.6 is 47.0 Å². The van der Waals surface area contributed by atoms with E-state index in [2.05, 4.69) is 47.3 Å². The number of esters is 7. The van der Waals surface area contributed by atoms with Crippen molar-refractivity contribution in [2.75, 3.05) is 148 Å². The summed E-state index contributed by atoms with van der Waals surface area (Å²) in [6.07, 6.45) is 31.9. The Labute approximate surface area is 611 Å². The average Bonchev–Trinajstić information content (AvgIpc) is 1.34. The van der Waals surface area contributed by atoms with Crippen LogP contribution in [0.4, 0.5) is 0 Å². The van der Waals surface area contributed by atoms with Crippen molar-refractivity contribution in [3.8, 4) is 0 Å². The lowest BCUT2D eigenvalue weighted by molar-refractivity contribution is -0.152. The molecule has 0 aliphatic carbocycles. The smallest absolute Gasteiger partial charge is 0.318 e. The Morgan fingerprint density at radius 3 is 0.847 bits per heavy atom. The van der Waals surface area contributed by atoms with Gasteiger partial charge in [-0.2, -0.15) is 0 Å². The molecule has 23 heteroatoms. The van der Waals surface area contributed by atoms with Crippen LogP contribution in [-0.2, 0) is 71.5 Å². The van der Waals surface area contributed by atoms with Crippen LogP contribution in [0.15, 0.2) is 0 Å². The molecule has 0 amide bonds. The number of carbonyl (C=O) groups is 8. The Morgan fingerprint density at radius 1 is 0.296 bits per heavy atom. The van der Waals surface area contributed by atoms with E-state index in [9.17, 15) is 38.4 Å². The van der Waals surface area contributed by atoms with Gasteiger partial charge in [0.2, 0.25) is 0 Å². The Morgan fingerprint density at radius 2 is 0.551 bits per heavy atom. The van der Waals surface area contributed by atoms with Crippen LogP contribution in [0.3, 0.4) is 0 Å². The van der Waals surface area contributed by atoms with Crippen molar-refractivity contribution >= 4 is 94.6 Å². The van der Waals surface area contributed by atoms with Crippen LogP contribution in [0.25, 0.3) is 0 Å². The normalized spacial score (nSPS) is 14.0.